The van der Waals surface area contributed by atoms with Crippen LogP contribution < -0.4 is 5.32 Å². The molecule has 5 unspecified atom stereocenters. The maximum atomic E-state index is 3.76. The normalized spacial score (nSPS) is 33.9. The molecule has 5 atom stereocenters. The highest BCUT2D eigenvalue weighted by Crippen LogP contribution is 2.31. The molecular formula is C12H23I3N2. The van der Waals surface area contributed by atoms with Crippen LogP contribution in [-0.4, -0.2) is 35.6 Å². The van der Waals surface area contributed by atoms with Crippen molar-refractivity contribution < 1.29 is 0 Å². The third-order valence-electron chi connectivity index (χ3n) is 3.37. The van der Waals surface area contributed by atoms with Gasteiger partial charge >= 0.3 is 0 Å². The molecule has 0 aromatic carbocycles. The van der Waals surface area contributed by atoms with Gasteiger partial charge in [0.25, 0.3) is 0 Å². The van der Waals surface area contributed by atoms with Crippen molar-refractivity contribution in [2.24, 2.45) is 0 Å². The first-order valence-electron chi connectivity index (χ1n) is 6.40. The standard InChI is InChI=1S/C12H23I3N2/c1-4-5-10(6-7-13)17-11(15)9(3)16-12(17)8(2)14/h8-12,16H,4-7H2,1-3H3. The van der Waals surface area contributed by atoms with Gasteiger partial charge in [0.05, 0.1) is 10.2 Å². The topological polar surface area (TPSA) is 15.3 Å². The molecule has 5 heteroatoms. The average Bonchev–Trinajstić information content (AvgIpc) is 2.56. The third-order valence-corrected chi connectivity index (χ3v) is 6.40. The largest absolute Gasteiger partial charge is 0.296 e. The Morgan fingerprint density at radius 2 is 2.00 bits per heavy atom. The van der Waals surface area contributed by atoms with Gasteiger partial charge in [-0.15, -0.1) is 0 Å². The zero-order valence-corrected chi connectivity index (χ0v) is 17.3. The summed E-state index contributed by atoms with van der Waals surface area (Å²) in [5, 5.41) is 3.76. The summed E-state index contributed by atoms with van der Waals surface area (Å²) in [7, 11) is 0. The zero-order chi connectivity index (χ0) is 13.0. The summed E-state index contributed by atoms with van der Waals surface area (Å²) >= 11 is 7.70. The van der Waals surface area contributed by atoms with Crippen molar-refractivity contribution in [3.8, 4) is 0 Å². The molecular weight excluding hydrogens is 553 g/mol. The van der Waals surface area contributed by atoms with Gasteiger partial charge in [-0.3, -0.25) is 10.2 Å². The lowest BCUT2D eigenvalue weighted by Crippen LogP contribution is -2.48. The maximum Gasteiger partial charge on any atom is 0.0786 e. The van der Waals surface area contributed by atoms with Crippen molar-refractivity contribution in [1.29, 1.82) is 0 Å². The van der Waals surface area contributed by atoms with Gasteiger partial charge in [0, 0.05) is 20.4 Å². The summed E-state index contributed by atoms with van der Waals surface area (Å²) in [5.74, 6) is 0. The molecule has 0 radical (unpaired) electrons. The molecule has 2 nitrogen and oxygen atoms in total. The van der Waals surface area contributed by atoms with Gasteiger partial charge in [0.2, 0.25) is 0 Å². The van der Waals surface area contributed by atoms with Gasteiger partial charge < -0.3 is 0 Å². The number of halogens is 3. The summed E-state index contributed by atoms with van der Waals surface area (Å²) < 4.78 is 2.55. The second-order valence-electron chi connectivity index (χ2n) is 4.82. The van der Waals surface area contributed by atoms with Crippen LogP contribution in [0.4, 0.5) is 0 Å². The Balaban J connectivity index is 2.80. The van der Waals surface area contributed by atoms with E-state index in [2.05, 4.69) is 98.8 Å². The van der Waals surface area contributed by atoms with Crippen molar-refractivity contribution in [2.45, 2.75) is 66.3 Å². The predicted molar refractivity (Wildman–Crippen MR) is 102 cm³/mol. The van der Waals surface area contributed by atoms with Crippen LogP contribution in [0.25, 0.3) is 0 Å². The Labute approximate surface area is 147 Å². The van der Waals surface area contributed by atoms with Crippen molar-refractivity contribution >= 4 is 67.8 Å². The summed E-state index contributed by atoms with van der Waals surface area (Å²) in [4.78, 5) is 2.74. The highest BCUT2D eigenvalue weighted by molar-refractivity contribution is 14.1. The van der Waals surface area contributed by atoms with Crippen molar-refractivity contribution in [3.63, 3.8) is 0 Å². The Morgan fingerprint density at radius 1 is 1.35 bits per heavy atom. The first kappa shape index (κ1) is 17.2. The molecule has 1 heterocycles. The molecule has 0 aromatic heterocycles. The first-order valence-corrected chi connectivity index (χ1v) is 10.4. The van der Waals surface area contributed by atoms with E-state index in [1.165, 1.54) is 23.7 Å². The summed E-state index contributed by atoms with van der Waals surface area (Å²) in [5.41, 5.74) is 0. The number of hydrogen-bond acceptors (Lipinski definition) is 2. The van der Waals surface area contributed by atoms with Crippen LogP contribution >= 0.6 is 67.8 Å². The molecule has 0 aliphatic carbocycles. The molecule has 1 aliphatic rings. The van der Waals surface area contributed by atoms with Gasteiger partial charge in [-0.05, 0) is 19.8 Å². The number of hydrogen-bond donors (Lipinski definition) is 1. The molecule has 0 saturated carbocycles. The third kappa shape index (κ3) is 4.56. The van der Waals surface area contributed by atoms with Crippen LogP contribution in [0.1, 0.15) is 40.0 Å². The van der Waals surface area contributed by atoms with Gasteiger partial charge in [-0.1, -0.05) is 88.0 Å². The monoisotopic (exact) mass is 576 g/mol. The summed E-state index contributed by atoms with van der Waals surface area (Å²) in [6.07, 6.45) is 4.49. The van der Waals surface area contributed by atoms with Crippen molar-refractivity contribution in [1.82, 2.24) is 10.2 Å². The van der Waals surface area contributed by atoms with E-state index in [9.17, 15) is 0 Å². The van der Waals surface area contributed by atoms with Crippen LogP contribution in [0.2, 0.25) is 0 Å². The average molecular weight is 576 g/mol. The van der Waals surface area contributed by atoms with Crippen molar-refractivity contribution in [2.75, 3.05) is 4.43 Å². The minimum atomic E-state index is 0.548. The molecule has 1 N–H and O–H groups in total. The Hall–Kier alpha value is 2.11. The highest BCUT2D eigenvalue weighted by atomic mass is 127. The second-order valence-corrected chi connectivity index (χ2v) is 9.14. The molecule has 0 bridgehead atoms. The predicted octanol–water partition coefficient (Wildman–Crippen LogP) is 4.18. The highest BCUT2D eigenvalue weighted by Gasteiger charge is 2.41. The zero-order valence-electron chi connectivity index (χ0n) is 10.8. The maximum absolute atomic E-state index is 3.76. The molecule has 1 saturated heterocycles. The summed E-state index contributed by atoms with van der Waals surface area (Å²) in [6, 6.07) is 1.35. The molecule has 17 heavy (non-hydrogen) atoms. The quantitative estimate of drug-likeness (QED) is 0.290. The SMILES string of the molecule is CCCC(CCI)N1C(I)C(C)NC1C(C)I. The molecule has 0 aromatic rings. The number of nitrogens with zero attached hydrogens (tertiary/aromatic N) is 1. The lowest BCUT2D eigenvalue weighted by atomic mass is 10.1. The Kier molecular flexibility index (Phi) is 8.49. The fourth-order valence-corrected chi connectivity index (χ4v) is 4.85. The molecule has 1 rings (SSSR count). The minimum Gasteiger partial charge on any atom is -0.296 e. The Morgan fingerprint density at radius 3 is 2.47 bits per heavy atom. The van der Waals surface area contributed by atoms with Crippen LogP contribution in [0.3, 0.4) is 0 Å². The van der Waals surface area contributed by atoms with Crippen molar-refractivity contribution in [3.05, 3.63) is 0 Å². The fourth-order valence-electron chi connectivity index (χ4n) is 2.55. The van der Waals surface area contributed by atoms with Crippen LogP contribution in [-0.2, 0) is 0 Å². The fraction of sp³-hybridized carbons (Fsp3) is 1.00. The van der Waals surface area contributed by atoms with E-state index in [0.717, 1.165) is 6.04 Å². The van der Waals surface area contributed by atoms with Crippen LogP contribution in [0, 0.1) is 0 Å². The van der Waals surface area contributed by atoms with Crippen LogP contribution in [0.5, 0.6) is 0 Å². The van der Waals surface area contributed by atoms with E-state index in [0.29, 0.717) is 20.2 Å². The van der Waals surface area contributed by atoms with E-state index in [1.54, 1.807) is 0 Å². The van der Waals surface area contributed by atoms with Crippen LogP contribution in [0.15, 0.2) is 0 Å². The number of nitrogens with one attached hydrogen (secondary N) is 1. The van der Waals surface area contributed by atoms with Gasteiger partial charge in [-0.2, -0.15) is 0 Å². The minimum absolute atomic E-state index is 0.548. The van der Waals surface area contributed by atoms with Gasteiger partial charge in [0.1, 0.15) is 0 Å². The smallest absolute Gasteiger partial charge is 0.0786 e. The molecule has 0 spiro atoms. The lowest BCUT2D eigenvalue weighted by Gasteiger charge is -2.36. The lowest BCUT2D eigenvalue weighted by molar-refractivity contribution is 0.153. The molecule has 1 aliphatic heterocycles. The number of rotatable bonds is 6. The number of alkyl halides is 3. The van der Waals surface area contributed by atoms with E-state index < -0.39 is 0 Å². The molecule has 102 valence electrons. The Bertz CT molecular complexity index is 220. The second kappa shape index (κ2) is 8.41. The molecule has 1 fully saturated rings. The van der Waals surface area contributed by atoms with Gasteiger partial charge in [-0.25, -0.2) is 0 Å². The van der Waals surface area contributed by atoms with E-state index >= 15 is 0 Å². The molecule has 0 amide bonds. The first-order chi connectivity index (χ1) is 8.02. The van der Waals surface area contributed by atoms with Gasteiger partial charge in [0.15, 0.2) is 0 Å². The van der Waals surface area contributed by atoms with E-state index in [-0.39, 0.29) is 0 Å². The summed E-state index contributed by atoms with van der Waals surface area (Å²) in [6.45, 7) is 6.94. The van der Waals surface area contributed by atoms with E-state index in [4.69, 9.17) is 0 Å². The van der Waals surface area contributed by atoms with E-state index in [1.807, 2.05) is 0 Å².